The molecule has 0 aromatic carbocycles. The number of hydrogen-bond donors (Lipinski definition) is 1. The molecule has 7 heteroatoms. The minimum absolute atomic E-state index is 0.101. The van der Waals surface area contributed by atoms with Gasteiger partial charge in [0, 0.05) is 12.1 Å². The summed E-state index contributed by atoms with van der Waals surface area (Å²) < 4.78 is 24.2. The van der Waals surface area contributed by atoms with Crippen LogP contribution in [0.15, 0.2) is 0 Å². The molecule has 1 aliphatic rings. The van der Waals surface area contributed by atoms with E-state index in [1.165, 1.54) is 4.68 Å². The van der Waals surface area contributed by atoms with Gasteiger partial charge in [0.15, 0.2) is 15.5 Å². The van der Waals surface area contributed by atoms with E-state index in [2.05, 4.69) is 5.10 Å². The van der Waals surface area contributed by atoms with Gasteiger partial charge < -0.3 is 5.11 Å². The van der Waals surface area contributed by atoms with E-state index in [-0.39, 0.29) is 17.2 Å². The molecule has 0 radical (unpaired) electrons. The van der Waals surface area contributed by atoms with Gasteiger partial charge in [0.05, 0.1) is 17.2 Å². The summed E-state index contributed by atoms with van der Waals surface area (Å²) in [7, 11) is -3.17. The summed E-state index contributed by atoms with van der Waals surface area (Å²) in [5.74, 6) is -1.48. The van der Waals surface area contributed by atoms with Gasteiger partial charge in [-0.1, -0.05) is 0 Å². The minimum atomic E-state index is -3.17. The maximum atomic E-state index is 11.4. The van der Waals surface area contributed by atoms with Crippen molar-refractivity contribution >= 4 is 15.8 Å². The zero-order valence-electron chi connectivity index (χ0n) is 8.10. The van der Waals surface area contributed by atoms with Crippen LogP contribution in [0.3, 0.4) is 0 Å². The van der Waals surface area contributed by atoms with Gasteiger partial charge in [0.2, 0.25) is 0 Å². The Kier molecular flexibility index (Phi) is 2.07. The monoisotopic (exact) mass is 230 g/mol. The molecule has 0 aliphatic carbocycles. The highest BCUT2D eigenvalue weighted by Crippen LogP contribution is 2.27. The van der Waals surface area contributed by atoms with Crippen molar-refractivity contribution in [1.29, 1.82) is 0 Å². The smallest absolute Gasteiger partial charge is 0.356 e. The van der Waals surface area contributed by atoms with Gasteiger partial charge in [-0.2, -0.15) is 5.10 Å². The SMILES string of the molecule is CCn1nc(C(=O)O)c2c1CS(=O)(=O)C2. The van der Waals surface area contributed by atoms with Gasteiger partial charge in [-0.3, -0.25) is 4.68 Å². The van der Waals surface area contributed by atoms with Crippen LogP contribution in [0.4, 0.5) is 0 Å². The van der Waals surface area contributed by atoms with Crippen LogP contribution in [0, 0.1) is 0 Å². The zero-order valence-corrected chi connectivity index (χ0v) is 8.91. The second kappa shape index (κ2) is 3.06. The number of hydrogen-bond acceptors (Lipinski definition) is 4. The van der Waals surface area contributed by atoms with E-state index in [1.54, 1.807) is 6.92 Å². The van der Waals surface area contributed by atoms with Gasteiger partial charge in [-0.15, -0.1) is 0 Å². The van der Waals surface area contributed by atoms with E-state index in [0.29, 0.717) is 17.8 Å². The lowest BCUT2D eigenvalue weighted by Crippen LogP contribution is -2.08. The molecule has 82 valence electrons. The lowest BCUT2D eigenvalue weighted by molar-refractivity contribution is 0.0688. The second-order valence-corrected chi connectivity index (χ2v) is 5.49. The topological polar surface area (TPSA) is 89.3 Å². The highest BCUT2D eigenvalue weighted by atomic mass is 32.2. The first-order valence-electron chi connectivity index (χ1n) is 4.47. The van der Waals surface area contributed by atoms with E-state index in [9.17, 15) is 13.2 Å². The fourth-order valence-electron chi connectivity index (χ4n) is 1.76. The molecule has 0 unspecified atom stereocenters. The quantitative estimate of drug-likeness (QED) is 0.774. The molecule has 0 atom stereocenters. The van der Waals surface area contributed by atoms with Crippen LogP contribution >= 0.6 is 0 Å². The number of nitrogens with zero attached hydrogens (tertiary/aromatic N) is 2. The van der Waals surface area contributed by atoms with E-state index in [4.69, 9.17) is 5.11 Å². The molecule has 2 rings (SSSR count). The molecule has 0 saturated carbocycles. The van der Waals surface area contributed by atoms with Crippen molar-refractivity contribution in [3.63, 3.8) is 0 Å². The summed E-state index contributed by atoms with van der Waals surface area (Å²) in [6.07, 6.45) is 0. The van der Waals surface area contributed by atoms with Crippen molar-refractivity contribution in [3.8, 4) is 0 Å². The second-order valence-electron chi connectivity index (χ2n) is 3.43. The lowest BCUT2D eigenvalue weighted by Gasteiger charge is -1.98. The summed E-state index contributed by atoms with van der Waals surface area (Å²) in [5, 5.41) is 12.7. The number of aryl methyl sites for hydroxylation is 1. The van der Waals surface area contributed by atoms with E-state index in [1.807, 2.05) is 0 Å². The summed E-state index contributed by atoms with van der Waals surface area (Å²) in [6, 6.07) is 0. The van der Waals surface area contributed by atoms with Crippen LogP contribution in [0.25, 0.3) is 0 Å². The van der Waals surface area contributed by atoms with Crippen LogP contribution in [-0.4, -0.2) is 29.3 Å². The van der Waals surface area contributed by atoms with Crippen LogP contribution < -0.4 is 0 Å². The number of carbonyl (C=O) groups is 1. The largest absolute Gasteiger partial charge is 0.476 e. The van der Waals surface area contributed by atoms with Crippen molar-refractivity contribution in [1.82, 2.24) is 9.78 Å². The van der Waals surface area contributed by atoms with Crippen LogP contribution in [-0.2, 0) is 27.9 Å². The average Bonchev–Trinajstić information content (AvgIpc) is 2.57. The van der Waals surface area contributed by atoms with Crippen LogP contribution in [0.2, 0.25) is 0 Å². The van der Waals surface area contributed by atoms with E-state index < -0.39 is 15.8 Å². The molecule has 0 spiro atoms. The Morgan fingerprint density at radius 3 is 2.73 bits per heavy atom. The predicted octanol–water partition coefficient (Wildman–Crippen LogP) is 0.0296. The van der Waals surface area contributed by atoms with Gasteiger partial charge in [-0.05, 0) is 6.92 Å². The summed E-state index contributed by atoms with van der Waals surface area (Å²) >= 11 is 0. The molecule has 1 N–H and O–H groups in total. The number of aromatic carboxylic acids is 1. The van der Waals surface area contributed by atoms with Gasteiger partial charge >= 0.3 is 5.97 Å². The number of sulfone groups is 1. The van der Waals surface area contributed by atoms with Crippen molar-refractivity contribution in [3.05, 3.63) is 17.0 Å². The first-order valence-corrected chi connectivity index (χ1v) is 6.29. The Morgan fingerprint density at radius 1 is 1.53 bits per heavy atom. The van der Waals surface area contributed by atoms with Gasteiger partial charge in [0.1, 0.15) is 0 Å². The fraction of sp³-hybridized carbons (Fsp3) is 0.500. The van der Waals surface area contributed by atoms with Gasteiger partial charge in [-0.25, -0.2) is 13.2 Å². The number of rotatable bonds is 2. The molecule has 2 heterocycles. The molecule has 6 nitrogen and oxygen atoms in total. The Morgan fingerprint density at radius 2 is 2.20 bits per heavy atom. The molecular weight excluding hydrogens is 220 g/mol. The Bertz CT molecular complexity index is 529. The van der Waals surface area contributed by atoms with E-state index in [0.717, 1.165) is 0 Å². The third-order valence-corrected chi connectivity index (χ3v) is 3.83. The Balaban J connectivity index is 2.62. The first kappa shape index (κ1) is 10.2. The standard InChI is InChI=1S/C8H10N2O4S/c1-2-10-6-4-15(13,14)3-5(6)7(9-10)8(11)12/h2-4H2,1H3,(H,11,12). The van der Waals surface area contributed by atoms with Crippen molar-refractivity contribution < 1.29 is 18.3 Å². The molecule has 0 amide bonds. The molecule has 0 fully saturated rings. The Labute approximate surface area is 86.4 Å². The van der Waals surface area contributed by atoms with Crippen molar-refractivity contribution in [2.75, 3.05) is 0 Å². The average molecular weight is 230 g/mol. The minimum Gasteiger partial charge on any atom is -0.476 e. The number of carboxylic acid groups (broad SMARTS) is 1. The molecule has 1 aliphatic heterocycles. The maximum absolute atomic E-state index is 11.4. The fourth-order valence-corrected chi connectivity index (χ4v) is 3.34. The summed E-state index contributed by atoms with van der Waals surface area (Å²) in [6.45, 7) is 2.27. The van der Waals surface area contributed by atoms with E-state index >= 15 is 0 Å². The molecule has 0 bridgehead atoms. The maximum Gasteiger partial charge on any atom is 0.356 e. The number of fused-ring (bicyclic) bond motifs is 1. The number of aromatic nitrogens is 2. The third-order valence-electron chi connectivity index (χ3n) is 2.39. The molecule has 1 aromatic heterocycles. The van der Waals surface area contributed by atoms with Crippen molar-refractivity contribution in [2.45, 2.75) is 25.0 Å². The molecule has 0 saturated heterocycles. The zero-order chi connectivity index (χ0) is 11.2. The van der Waals surface area contributed by atoms with Crippen LogP contribution in [0.5, 0.6) is 0 Å². The van der Waals surface area contributed by atoms with Crippen molar-refractivity contribution in [2.24, 2.45) is 0 Å². The van der Waals surface area contributed by atoms with Crippen LogP contribution in [0.1, 0.15) is 28.7 Å². The number of carboxylic acids is 1. The Hall–Kier alpha value is -1.37. The van der Waals surface area contributed by atoms with Gasteiger partial charge in [0.25, 0.3) is 0 Å². The highest BCUT2D eigenvalue weighted by molar-refractivity contribution is 7.90. The third kappa shape index (κ3) is 1.52. The predicted molar refractivity (Wildman–Crippen MR) is 51.2 cm³/mol. The summed E-state index contributed by atoms with van der Waals surface area (Å²) in [4.78, 5) is 10.8. The molecule has 15 heavy (non-hydrogen) atoms. The molecular formula is C8H10N2O4S. The normalized spacial score (nSPS) is 17.7. The first-order chi connectivity index (χ1) is 6.94. The lowest BCUT2D eigenvalue weighted by atomic mass is 10.2. The highest BCUT2D eigenvalue weighted by Gasteiger charge is 2.34. The molecule has 1 aromatic rings. The summed E-state index contributed by atoms with van der Waals surface area (Å²) in [5.41, 5.74) is 0.743.